The predicted octanol–water partition coefficient (Wildman–Crippen LogP) is 6.91. The van der Waals surface area contributed by atoms with Crippen LogP contribution >= 0.6 is 0 Å². The highest BCUT2D eigenvalue weighted by molar-refractivity contribution is 5.75. The van der Waals surface area contributed by atoms with Crippen LogP contribution in [0, 0.1) is 5.92 Å². The highest BCUT2D eigenvalue weighted by Gasteiger charge is 2.02. The summed E-state index contributed by atoms with van der Waals surface area (Å²) in [6, 6.07) is 0. The Bertz CT molecular complexity index is 292. The number of nitrogens with one attached hydrogen (secondary N) is 2. The summed E-state index contributed by atoms with van der Waals surface area (Å²) >= 11 is 0. The number of hydrazine groups is 1. The zero-order valence-corrected chi connectivity index (χ0v) is 18.2. The molecular formula is C23H48N2O. The van der Waals surface area contributed by atoms with Crippen LogP contribution in [0.5, 0.6) is 0 Å². The van der Waals surface area contributed by atoms with Crippen LogP contribution in [0.25, 0.3) is 0 Å². The highest BCUT2D eigenvalue weighted by Crippen LogP contribution is 2.13. The molecule has 1 amide bonds. The molecule has 0 saturated carbocycles. The summed E-state index contributed by atoms with van der Waals surface area (Å²) in [5.74, 6) is 0.531. The van der Waals surface area contributed by atoms with Gasteiger partial charge in [-0.3, -0.25) is 10.2 Å². The van der Waals surface area contributed by atoms with Crippen molar-refractivity contribution in [2.45, 2.75) is 130 Å². The smallest absolute Gasteiger partial charge is 0.234 e. The molecule has 2 N–H and O–H groups in total. The van der Waals surface area contributed by atoms with Crippen molar-refractivity contribution in [1.82, 2.24) is 10.9 Å². The Morgan fingerprint density at radius 1 is 0.654 bits per heavy atom. The molecule has 0 spiro atoms. The molecule has 0 radical (unpaired) electrons. The van der Waals surface area contributed by atoms with Gasteiger partial charge in [-0.15, -0.1) is 0 Å². The summed E-state index contributed by atoms with van der Waals surface area (Å²) in [7, 11) is 0. The van der Waals surface area contributed by atoms with E-state index < -0.39 is 0 Å². The predicted molar refractivity (Wildman–Crippen MR) is 115 cm³/mol. The van der Waals surface area contributed by atoms with Crippen molar-refractivity contribution in [3.05, 3.63) is 0 Å². The molecule has 3 heteroatoms. The molecule has 0 rings (SSSR count). The lowest BCUT2D eigenvalue weighted by molar-refractivity contribution is -0.122. The molecule has 0 heterocycles. The van der Waals surface area contributed by atoms with E-state index in [-0.39, 0.29) is 5.91 Å². The van der Waals surface area contributed by atoms with Crippen LogP contribution in [-0.4, -0.2) is 12.5 Å². The maximum Gasteiger partial charge on any atom is 0.234 e. The molecule has 0 aromatic carbocycles. The van der Waals surface area contributed by atoms with Gasteiger partial charge in [-0.05, 0) is 12.3 Å². The molecule has 0 bridgehead atoms. The molecule has 26 heavy (non-hydrogen) atoms. The van der Waals surface area contributed by atoms with Crippen molar-refractivity contribution >= 4 is 5.91 Å². The van der Waals surface area contributed by atoms with Crippen LogP contribution in [0.1, 0.15) is 130 Å². The van der Waals surface area contributed by atoms with E-state index in [1.807, 2.05) is 0 Å². The minimum atomic E-state index is 0.108. The topological polar surface area (TPSA) is 41.1 Å². The fourth-order valence-corrected chi connectivity index (χ4v) is 3.34. The quantitative estimate of drug-likeness (QED) is 0.181. The summed E-state index contributed by atoms with van der Waals surface area (Å²) < 4.78 is 0. The molecule has 0 saturated heterocycles. The van der Waals surface area contributed by atoms with Crippen molar-refractivity contribution in [2.24, 2.45) is 5.92 Å². The van der Waals surface area contributed by atoms with Crippen LogP contribution in [0.2, 0.25) is 0 Å². The van der Waals surface area contributed by atoms with E-state index in [0.717, 1.165) is 13.0 Å². The molecular weight excluding hydrogens is 320 g/mol. The number of hydrogen-bond donors (Lipinski definition) is 2. The minimum Gasteiger partial charge on any atom is -0.292 e. The largest absolute Gasteiger partial charge is 0.292 e. The number of hydrogen-bond acceptors (Lipinski definition) is 2. The summed E-state index contributed by atoms with van der Waals surface area (Å²) in [6.45, 7) is 7.31. The first-order valence-electron chi connectivity index (χ1n) is 11.7. The van der Waals surface area contributed by atoms with Gasteiger partial charge in [0.15, 0.2) is 0 Å². The van der Waals surface area contributed by atoms with Crippen molar-refractivity contribution in [2.75, 3.05) is 6.54 Å². The van der Waals surface area contributed by atoms with Crippen molar-refractivity contribution < 1.29 is 4.79 Å². The zero-order valence-electron chi connectivity index (χ0n) is 18.2. The Morgan fingerprint density at radius 2 is 1.04 bits per heavy atom. The van der Waals surface area contributed by atoms with E-state index in [9.17, 15) is 4.79 Å². The van der Waals surface area contributed by atoms with Gasteiger partial charge >= 0.3 is 0 Å². The molecule has 0 aliphatic rings. The van der Waals surface area contributed by atoms with Crippen LogP contribution < -0.4 is 10.9 Å². The second kappa shape index (κ2) is 20.7. The van der Waals surface area contributed by atoms with E-state index in [1.165, 1.54) is 96.3 Å². The van der Waals surface area contributed by atoms with Gasteiger partial charge in [0.1, 0.15) is 0 Å². The molecule has 0 aliphatic carbocycles. The van der Waals surface area contributed by atoms with E-state index >= 15 is 0 Å². The van der Waals surface area contributed by atoms with E-state index in [1.54, 1.807) is 0 Å². The van der Waals surface area contributed by atoms with Gasteiger partial charge in [-0.25, -0.2) is 5.43 Å². The Kier molecular flexibility index (Phi) is 20.3. The van der Waals surface area contributed by atoms with Crippen LogP contribution in [-0.2, 0) is 4.79 Å². The molecule has 0 aromatic rings. The Morgan fingerprint density at radius 3 is 1.42 bits per heavy atom. The first kappa shape index (κ1) is 25.4. The van der Waals surface area contributed by atoms with E-state index in [0.29, 0.717) is 12.3 Å². The fraction of sp³-hybridized carbons (Fsp3) is 0.957. The third-order valence-electron chi connectivity index (χ3n) is 4.98. The van der Waals surface area contributed by atoms with Gasteiger partial charge in [-0.1, -0.05) is 117 Å². The lowest BCUT2D eigenvalue weighted by Crippen LogP contribution is -2.38. The van der Waals surface area contributed by atoms with Crippen molar-refractivity contribution in [3.63, 3.8) is 0 Å². The second-order valence-corrected chi connectivity index (χ2v) is 8.38. The number of carbonyl (C=O) groups excluding carboxylic acids is 1. The van der Waals surface area contributed by atoms with Crippen LogP contribution in [0.15, 0.2) is 0 Å². The van der Waals surface area contributed by atoms with Crippen molar-refractivity contribution in [1.29, 1.82) is 0 Å². The second-order valence-electron chi connectivity index (χ2n) is 8.38. The third kappa shape index (κ3) is 21.5. The molecule has 0 unspecified atom stereocenters. The number of amides is 1. The summed E-state index contributed by atoms with van der Waals surface area (Å²) in [4.78, 5) is 11.5. The SMILES string of the molecule is CCCCCCCCCCCCCCCCCCNNC(=O)CC(C)C. The molecule has 0 aliphatic heterocycles. The number of rotatable bonds is 20. The Balaban J connectivity index is 3.06. The number of unbranched alkanes of at least 4 members (excludes halogenated alkanes) is 15. The molecule has 3 nitrogen and oxygen atoms in total. The first-order chi connectivity index (χ1) is 12.7. The number of carbonyl (C=O) groups is 1. The monoisotopic (exact) mass is 368 g/mol. The van der Waals surface area contributed by atoms with E-state index in [4.69, 9.17) is 0 Å². The summed E-state index contributed by atoms with van der Waals surface area (Å²) in [5.41, 5.74) is 5.82. The zero-order chi connectivity index (χ0) is 19.3. The maximum atomic E-state index is 11.5. The minimum absolute atomic E-state index is 0.108. The van der Waals surface area contributed by atoms with Crippen LogP contribution in [0.3, 0.4) is 0 Å². The van der Waals surface area contributed by atoms with Gasteiger partial charge in [0.2, 0.25) is 5.91 Å². The average molecular weight is 369 g/mol. The standard InChI is InChI=1S/C23H48N2O/c1-4-5-6-7-8-9-10-11-12-13-14-15-16-17-18-19-20-24-25-23(26)21-22(2)3/h22,24H,4-21H2,1-3H3,(H,25,26). The van der Waals surface area contributed by atoms with Gasteiger partial charge < -0.3 is 0 Å². The van der Waals surface area contributed by atoms with Gasteiger partial charge in [0, 0.05) is 13.0 Å². The normalized spacial score (nSPS) is 11.2. The van der Waals surface area contributed by atoms with Crippen LogP contribution in [0.4, 0.5) is 0 Å². The van der Waals surface area contributed by atoms with Gasteiger partial charge in [0.05, 0.1) is 0 Å². The Hall–Kier alpha value is -0.570. The fourth-order valence-electron chi connectivity index (χ4n) is 3.34. The molecule has 0 fully saturated rings. The summed E-state index contributed by atoms with van der Waals surface area (Å²) in [6.07, 6.45) is 22.9. The maximum absolute atomic E-state index is 11.5. The molecule has 0 atom stereocenters. The first-order valence-corrected chi connectivity index (χ1v) is 11.7. The molecule has 156 valence electrons. The lowest BCUT2D eigenvalue weighted by Gasteiger charge is -2.08. The third-order valence-corrected chi connectivity index (χ3v) is 4.98. The lowest BCUT2D eigenvalue weighted by atomic mass is 10.0. The van der Waals surface area contributed by atoms with Gasteiger partial charge in [0.25, 0.3) is 0 Å². The molecule has 0 aromatic heterocycles. The Labute approximate surface area is 164 Å². The van der Waals surface area contributed by atoms with Crippen molar-refractivity contribution in [3.8, 4) is 0 Å². The van der Waals surface area contributed by atoms with Gasteiger partial charge in [-0.2, -0.15) is 0 Å². The highest BCUT2D eigenvalue weighted by atomic mass is 16.2. The summed E-state index contributed by atoms with van der Waals surface area (Å²) in [5, 5.41) is 0. The average Bonchev–Trinajstić information content (AvgIpc) is 2.60. The van der Waals surface area contributed by atoms with E-state index in [2.05, 4.69) is 31.6 Å².